The van der Waals surface area contributed by atoms with Gasteiger partial charge in [0.15, 0.2) is 5.82 Å². The van der Waals surface area contributed by atoms with E-state index in [1.807, 2.05) is 54.6 Å². The average molecular weight is 733 g/mol. The number of hydrogen-bond donors (Lipinski definition) is 0. The summed E-state index contributed by atoms with van der Waals surface area (Å²) in [5.74, 6) is 0.702. The summed E-state index contributed by atoms with van der Waals surface area (Å²) in [6.07, 6.45) is 5.54. The van der Waals surface area contributed by atoms with Crippen molar-refractivity contribution >= 4 is 11.8 Å². The van der Waals surface area contributed by atoms with Gasteiger partial charge in [-0.25, -0.2) is 9.97 Å². The number of hydrogen-bond acceptors (Lipinski definition) is 5. The zero-order chi connectivity index (χ0) is 37.1. The Bertz CT molecular complexity index is 2840. The van der Waals surface area contributed by atoms with Gasteiger partial charge in [-0.3, -0.25) is 9.97 Å². The first-order valence-corrected chi connectivity index (χ1v) is 19.6. The Labute approximate surface area is 329 Å². The fraction of sp³-hybridized carbons (Fsp3) is 0.0196. The van der Waals surface area contributed by atoms with E-state index in [4.69, 9.17) is 15.0 Å². The molecule has 4 nitrogen and oxygen atoms in total. The molecule has 6 aromatic carbocycles. The SMILES string of the molecule is c1ccc(-c2cc(-c3ccccc3)nc(-c3ccc4c(c3)C3(c5cc(-c6ccnc(-c7ccncc7)c6)ccc5S4)c4ccccc4-c4ccccc43)n2)cc1. The maximum atomic E-state index is 5.26. The van der Waals surface area contributed by atoms with E-state index < -0.39 is 5.41 Å². The number of pyridine rings is 2. The summed E-state index contributed by atoms with van der Waals surface area (Å²) in [4.78, 5) is 21.9. The number of rotatable bonds is 5. The Morgan fingerprint density at radius 2 is 0.857 bits per heavy atom. The second kappa shape index (κ2) is 13.1. The molecule has 3 aromatic heterocycles. The average Bonchev–Trinajstić information content (AvgIpc) is 3.57. The fourth-order valence-electron chi connectivity index (χ4n) is 8.60. The van der Waals surface area contributed by atoms with Gasteiger partial charge in [0.2, 0.25) is 0 Å². The van der Waals surface area contributed by atoms with Gasteiger partial charge in [-0.1, -0.05) is 133 Å². The van der Waals surface area contributed by atoms with Gasteiger partial charge >= 0.3 is 0 Å². The normalized spacial score (nSPS) is 13.1. The predicted molar refractivity (Wildman–Crippen MR) is 226 cm³/mol. The molecule has 1 aliphatic heterocycles. The van der Waals surface area contributed by atoms with Crippen LogP contribution in [-0.4, -0.2) is 19.9 Å². The molecule has 1 aliphatic carbocycles. The van der Waals surface area contributed by atoms with E-state index in [0.29, 0.717) is 5.82 Å². The van der Waals surface area contributed by atoms with Gasteiger partial charge in [-0.15, -0.1) is 0 Å². The van der Waals surface area contributed by atoms with E-state index in [9.17, 15) is 0 Å². The molecule has 1 spiro atoms. The van der Waals surface area contributed by atoms with E-state index >= 15 is 0 Å². The van der Waals surface area contributed by atoms with Crippen molar-refractivity contribution < 1.29 is 0 Å². The molecule has 262 valence electrons. The highest BCUT2D eigenvalue weighted by atomic mass is 32.2. The predicted octanol–water partition coefficient (Wildman–Crippen LogP) is 12.4. The van der Waals surface area contributed by atoms with Crippen LogP contribution in [0.5, 0.6) is 0 Å². The minimum absolute atomic E-state index is 0.574. The first-order valence-electron chi connectivity index (χ1n) is 18.8. The summed E-state index contributed by atoms with van der Waals surface area (Å²) in [5.41, 5.74) is 16.2. The number of benzene rings is 6. The lowest BCUT2D eigenvalue weighted by Crippen LogP contribution is -2.32. The van der Waals surface area contributed by atoms with Crippen molar-refractivity contribution in [3.63, 3.8) is 0 Å². The molecule has 0 saturated heterocycles. The lowest BCUT2D eigenvalue weighted by atomic mass is 9.66. The van der Waals surface area contributed by atoms with Gasteiger partial charge in [0.25, 0.3) is 0 Å². The van der Waals surface area contributed by atoms with Gasteiger partial charge < -0.3 is 0 Å². The van der Waals surface area contributed by atoms with Crippen LogP contribution in [0.15, 0.2) is 204 Å². The maximum Gasteiger partial charge on any atom is 0.160 e. The lowest BCUT2D eigenvalue weighted by Gasteiger charge is -2.40. The summed E-state index contributed by atoms with van der Waals surface area (Å²) in [6.45, 7) is 0. The molecule has 0 radical (unpaired) electrons. The second-order valence-electron chi connectivity index (χ2n) is 14.2. The zero-order valence-electron chi connectivity index (χ0n) is 30.2. The third-order valence-corrected chi connectivity index (χ3v) is 12.3. The van der Waals surface area contributed by atoms with E-state index in [1.165, 1.54) is 43.2 Å². The standard InChI is InChI=1S/C51H32N4S/c1-3-11-33(12-4-1)46-32-47(34-13-5-2-6-14-34)55-50(54-46)38-20-22-49-44(30-38)51(41-17-9-7-15-39(41)40-16-8-10-18-42(40)51)43-29-36(19-21-48(43)56-49)37-25-28-53-45(31-37)35-23-26-52-27-24-35/h1-32H. The third-order valence-electron chi connectivity index (χ3n) is 11.1. The zero-order valence-corrected chi connectivity index (χ0v) is 31.0. The fourth-order valence-corrected chi connectivity index (χ4v) is 9.76. The summed E-state index contributed by atoms with van der Waals surface area (Å²) >= 11 is 1.84. The molecule has 4 heterocycles. The molecule has 0 fully saturated rings. The minimum Gasteiger partial charge on any atom is -0.265 e. The molecule has 0 saturated carbocycles. The highest BCUT2D eigenvalue weighted by Crippen LogP contribution is 2.62. The van der Waals surface area contributed by atoms with E-state index in [2.05, 4.69) is 157 Å². The molecular weight excluding hydrogens is 701 g/mol. The molecule has 5 heteroatoms. The van der Waals surface area contributed by atoms with Crippen LogP contribution in [0.2, 0.25) is 0 Å². The molecule has 0 atom stereocenters. The van der Waals surface area contributed by atoms with Crippen LogP contribution in [0.3, 0.4) is 0 Å². The van der Waals surface area contributed by atoms with Crippen LogP contribution in [0.25, 0.3) is 67.4 Å². The van der Waals surface area contributed by atoms with Crippen LogP contribution < -0.4 is 0 Å². The molecule has 2 aliphatic rings. The largest absolute Gasteiger partial charge is 0.265 e. The molecule has 0 bridgehead atoms. The van der Waals surface area contributed by atoms with Gasteiger partial charge in [0, 0.05) is 50.6 Å². The Balaban J connectivity index is 1.15. The van der Waals surface area contributed by atoms with E-state index in [1.54, 1.807) is 0 Å². The molecule has 9 aromatic rings. The van der Waals surface area contributed by atoms with Crippen molar-refractivity contribution in [1.29, 1.82) is 0 Å². The Hall–Kier alpha value is -6.95. The summed E-state index contributed by atoms with van der Waals surface area (Å²) in [5, 5.41) is 0. The van der Waals surface area contributed by atoms with Gasteiger partial charge in [-0.05, 0) is 99.1 Å². The first kappa shape index (κ1) is 32.5. The summed E-state index contributed by atoms with van der Waals surface area (Å²) in [6, 6.07) is 62.9. The van der Waals surface area contributed by atoms with Crippen LogP contribution in [0, 0.1) is 0 Å². The Kier molecular flexibility index (Phi) is 7.61. The monoisotopic (exact) mass is 732 g/mol. The Morgan fingerprint density at radius 1 is 0.357 bits per heavy atom. The molecule has 0 N–H and O–H groups in total. The van der Waals surface area contributed by atoms with E-state index in [-0.39, 0.29) is 0 Å². The molecule has 0 unspecified atom stereocenters. The van der Waals surface area contributed by atoms with Crippen molar-refractivity contribution in [3.8, 4) is 67.4 Å². The number of aromatic nitrogens is 4. The van der Waals surface area contributed by atoms with Crippen LogP contribution in [0.4, 0.5) is 0 Å². The summed E-state index contributed by atoms with van der Waals surface area (Å²) < 4.78 is 0. The number of fused-ring (bicyclic) bond motifs is 9. The smallest absolute Gasteiger partial charge is 0.160 e. The van der Waals surface area contributed by atoms with Crippen molar-refractivity contribution in [2.75, 3.05) is 0 Å². The van der Waals surface area contributed by atoms with Crippen molar-refractivity contribution in [3.05, 3.63) is 217 Å². The van der Waals surface area contributed by atoms with Gasteiger partial charge in [-0.2, -0.15) is 0 Å². The molecule has 11 rings (SSSR count). The number of nitrogens with zero attached hydrogens (tertiary/aromatic N) is 4. The molecule has 0 amide bonds. The molecular formula is C51H32N4S. The van der Waals surface area contributed by atoms with Gasteiger partial charge in [0.05, 0.1) is 22.5 Å². The molecule has 56 heavy (non-hydrogen) atoms. The Morgan fingerprint density at radius 3 is 1.48 bits per heavy atom. The maximum absolute atomic E-state index is 5.26. The quantitative estimate of drug-likeness (QED) is 0.176. The van der Waals surface area contributed by atoms with Crippen molar-refractivity contribution in [2.45, 2.75) is 15.2 Å². The van der Waals surface area contributed by atoms with Crippen molar-refractivity contribution in [1.82, 2.24) is 19.9 Å². The van der Waals surface area contributed by atoms with E-state index in [0.717, 1.165) is 50.5 Å². The minimum atomic E-state index is -0.574. The van der Waals surface area contributed by atoms with Crippen LogP contribution in [0.1, 0.15) is 22.3 Å². The van der Waals surface area contributed by atoms with Crippen LogP contribution in [-0.2, 0) is 5.41 Å². The lowest BCUT2D eigenvalue weighted by molar-refractivity contribution is 0.723. The highest BCUT2D eigenvalue weighted by Gasteiger charge is 2.50. The second-order valence-corrected chi connectivity index (χ2v) is 15.3. The first-order chi connectivity index (χ1) is 27.7. The van der Waals surface area contributed by atoms with Gasteiger partial charge in [0.1, 0.15) is 0 Å². The van der Waals surface area contributed by atoms with Crippen molar-refractivity contribution in [2.24, 2.45) is 0 Å². The summed E-state index contributed by atoms with van der Waals surface area (Å²) in [7, 11) is 0. The topological polar surface area (TPSA) is 51.6 Å². The van der Waals surface area contributed by atoms with Crippen LogP contribution >= 0.6 is 11.8 Å². The third kappa shape index (κ3) is 5.16. The highest BCUT2D eigenvalue weighted by molar-refractivity contribution is 7.99.